The second kappa shape index (κ2) is 6.49. The van der Waals surface area contributed by atoms with E-state index in [1.807, 2.05) is 0 Å². The zero-order valence-corrected chi connectivity index (χ0v) is 11.4. The average Bonchev–Trinajstić information content (AvgIpc) is 2.48. The van der Waals surface area contributed by atoms with E-state index in [0.717, 1.165) is 6.08 Å². The van der Waals surface area contributed by atoms with E-state index in [2.05, 4.69) is 5.32 Å². The molecule has 0 bridgehead atoms. The first kappa shape index (κ1) is 15.2. The summed E-state index contributed by atoms with van der Waals surface area (Å²) in [7, 11) is 0. The van der Waals surface area contributed by atoms with Crippen molar-refractivity contribution in [1.82, 2.24) is 5.32 Å². The van der Waals surface area contributed by atoms with Crippen molar-refractivity contribution in [2.24, 2.45) is 0 Å². The lowest BCUT2D eigenvalue weighted by Gasteiger charge is -2.32. The first-order valence-electron chi connectivity index (χ1n) is 6.52. The van der Waals surface area contributed by atoms with Crippen molar-refractivity contribution in [3.8, 4) is 0 Å². The van der Waals surface area contributed by atoms with Gasteiger partial charge in [-0.15, -0.1) is 0 Å². The Kier molecular flexibility index (Phi) is 4.70. The number of nitrogens with one attached hydrogen (secondary N) is 1. The van der Waals surface area contributed by atoms with Crippen LogP contribution in [0.15, 0.2) is 42.5 Å². The maximum atomic E-state index is 14.4. The van der Waals surface area contributed by atoms with E-state index in [-0.39, 0.29) is 11.5 Å². The molecule has 0 aliphatic carbocycles. The number of cyclic esters (lactones) is 1. The fourth-order valence-corrected chi connectivity index (χ4v) is 2.19. The minimum absolute atomic E-state index is 0.275. The molecular weight excluding hydrogens is 277 g/mol. The molecule has 1 aliphatic rings. The molecule has 1 amide bonds. The summed E-state index contributed by atoms with van der Waals surface area (Å²) in [6.45, 7) is 1.29. The highest BCUT2D eigenvalue weighted by molar-refractivity contribution is 5.84. The number of rotatable bonds is 4. The maximum Gasteiger partial charge on any atom is 0.330 e. The van der Waals surface area contributed by atoms with Crippen LogP contribution in [0.4, 0.5) is 4.39 Å². The van der Waals surface area contributed by atoms with Crippen LogP contribution in [0.2, 0.25) is 0 Å². The number of hydrogen-bond acceptors (Lipinski definition) is 4. The van der Waals surface area contributed by atoms with Crippen LogP contribution < -0.4 is 5.32 Å². The van der Waals surface area contributed by atoms with Gasteiger partial charge in [-0.05, 0) is 5.56 Å². The van der Waals surface area contributed by atoms with Crippen molar-refractivity contribution in [3.05, 3.63) is 48.0 Å². The minimum Gasteiger partial charge on any atom is -0.454 e. The lowest BCUT2D eigenvalue weighted by atomic mass is 9.95. The van der Waals surface area contributed by atoms with Crippen LogP contribution in [0.3, 0.4) is 0 Å². The fourth-order valence-electron chi connectivity index (χ4n) is 2.19. The molecule has 1 aromatic carbocycles. The van der Waals surface area contributed by atoms with Gasteiger partial charge >= 0.3 is 5.97 Å². The molecule has 21 heavy (non-hydrogen) atoms. The number of amides is 1. The number of carbonyl (C=O) groups excluding carboxylic acids is 2. The molecule has 0 spiro atoms. The summed E-state index contributed by atoms with van der Waals surface area (Å²) in [6.07, 6.45) is -1.97. The molecule has 5 nitrogen and oxygen atoms in total. The number of alkyl halides is 1. The number of esters is 1. The third-order valence-corrected chi connectivity index (χ3v) is 3.17. The first-order valence-corrected chi connectivity index (χ1v) is 6.52. The smallest absolute Gasteiger partial charge is 0.330 e. The summed E-state index contributed by atoms with van der Waals surface area (Å²) in [5.74, 6) is -1.05. The van der Waals surface area contributed by atoms with Crippen LogP contribution >= 0.6 is 0 Å². The summed E-state index contributed by atoms with van der Waals surface area (Å²) in [5.41, 5.74) is 0.275. The Morgan fingerprint density at radius 3 is 2.67 bits per heavy atom. The second-order valence-corrected chi connectivity index (χ2v) is 4.79. The molecule has 1 heterocycles. The molecule has 6 heteroatoms. The van der Waals surface area contributed by atoms with Gasteiger partial charge in [-0.1, -0.05) is 36.4 Å². The summed E-state index contributed by atoms with van der Waals surface area (Å²) in [6, 6.07) is 7.31. The molecule has 0 saturated heterocycles. The Bertz CT molecular complexity index is 546. The van der Waals surface area contributed by atoms with Crippen molar-refractivity contribution >= 4 is 11.9 Å². The van der Waals surface area contributed by atoms with Gasteiger partial charge in [-0.25, -0.2) is 9.18 Å². The van der Waals surface area contributed by atoms with Crippen LogP contribution in [0, 0.1) is 0 Å². The highest BCUT2D eigenvalue weighted by atomic mass is 19.1. The number of benzene rings is 1. The standard InChI is InChI=1S/C15H16FNO4/c1-9(18)17-11-7-8-12(19)21-15(11)14(20)13(16)10-5-3-2-4-6-10/h2-8,11,13-15,20H,1H3,(H,17,18)/t11-,13+,14-,15+/m0/s1. The number of halogens is 1. The molecule has 4 atom stereocenters. The quantitative estimate of drug-likeness (QED) is 0.814. The fraction of sp³-hybridized carbons (Fsp3) is 0.333. The predicted octanol–water partition coefficient (Wildman–Crippen LogP) is 1.04. The van der Waals surface area contributed by atoms with Gasteiger partial charge in [0.15, 0.2) is 12.3 Å². The predicted molar refractivity (Wildman–Crippen MR) is 72.9 cm³/mol. The summed E-state index contributed by atoms with van der Waals surface area (Å²) < 4.78 is 19.3. The van der Waals surface area contributed by atoms with Gasteiger partial charge in [0.2, 0.25) is 5.91 Å². The van der Waals surface area contributed by atoms with Crippen LogP contribution in [0.5, 0.6) is 0 Å². The van der Waals surface area contributed by atoms with Gasteiger partial charge in [-0.3, -0.25) is 4.79 Å². The monoisotopic (exact) mass is 293 g/mol. The lowest BCUT2D eigenvalue weighted by molar-refractivity contribution is -0.156. The van der Waals surface area contributed by atoms with E-state index in [9.17, 15) is 19.1 Å². The van der Waals surface area contributed by atoms with Crippen molar-refractivity contribution in [1.29, 1.82) is 0 Å². The first-order chi connectivity index (χ1) is 9.99. The van der Waals surface area contributed by atoms with Crippen LogP contribution in [-0.4, -0.2) is 35.2 Å². The van der Waals surface area contributed by atoms with E-state index in [1.54, 1.807) is 18.2 Å². The lowest BCUT2D eigenvalue weighted by Crippen LogP contribution is -2.52. The Balaban J connectivity index is 2.18. The molecule has 0 unspecified atom stereocenters. The molecular formula is C15H16FNO4. The van der Waals surface area contributed by atoms with E-state index >= 15 is 0 Å². The largest absolute Gasteiger partial charge is 0.454 e. The molecule has 1 aromatic rings. The normalized spacial score (nSPS) is 24.0. The molecule has 1 aliphatic heterocycles. The van der Waals surface area contributed by atoms with Gasteiger partial charge < -0.3 is 15.2 Å². The molecule has 2 rings (SSSR count). The van der Waals surface area contributed by atoms with Gasteiger partial charge in [0.25, 0.3) is 0 Å². The van der Waals surface area contributed by atoms with Crippen LogP contribution in [0.25, 0.3) is 0 Å². The zero-order valence-electron chi connectivity index (χ0n) is 11.4. The van der Waals surface area contributed by atoms with Crippen LogP contribution in [0.1, 0.15) is 18.7 Å². The summed E-state index contributed by atoms with van der Waals surface area (Å²) in [4.78, 5) is 22.5. The summed E-state index contributed by atoms with van der Waals surface area (Å²) in [5, 5.41) is 12.7. The highest BCUT2D eigenvalue weighted by Crippen LogP contribution is 2.27. The van der Waals surface area contributed by atoms with Gasteiger partial charge in [0.1, 0.15) is 6.10 Å². The third kappa shape index (κ3) is 3.66. The number of hydrogen-bond donors (Lipinski definition) is 2. The third-order valence-electron chi connectivity index (χ3n) is 3.17. The minimum atomic E-state index is -1.73. The van der Waals surface area contributed by atoms with Gasteiger partial charge in [0.05, 0.1) is 6.04 Å². The Morgan fingerprint density at radius 1 is 1.38 bits per heavy atom. The average molecular weight is 293 g/mol. The van der Waals surface area contributed by atoms with Gasteiger partial charge in [0, 0.05) is 13.0 Å². The Hall–Kier alpha value is -2.21. The SMILES string of the molecule is CC(=O)N[C@H]1C=CC(=O)O[C@H]1[C@@H](O)[C@H](F)c1ccccc1. The molecule has 0 saturated carbocycles. The van der Waals surface area contributed by atoms with E-state index in [1.165, 1.54) is 25.1 Å². The zero-order chi connectivity index (χ0) is 15.4. The number of carbonyl (C=O) groups is 2. The summed E-state index contributed by atoms with van der Waals surface area (Å²) >= 11 is 0. The Labute approximate surface area is 121 Å². The molecule has 0 radical (unpaired) electrons. The van der Waals surface area contributed by atoms with Crippen molar-refractivity contribution in [3.63, 3.8) is 0 Å². The number of ether oxygens (including phenoxy) is 1. The molecule has 112 valence electrons. The number of aliphatic hydroxyl groups excluding tert-OH is 1. The van der Waals surface area contributed by atoms with E-state index < -0.39 is 30.4 Å². The topological polar surface area (TPSA) is 75.6 Å². The molecule has 2 N–H and O–H groups in total. The highest BCUT2D eigenvalue weighted by Gasteiger charge is 2.38. The van der Waals surface area contributed by atoms with Crippen molar-refractivity contribution in [2.75, 3.05) is 0 Å². The van der Waals surface area contributed by atoms with Crippen molar-refractivity contribution in [2.45, 2.75) is 31.3 Å². The van der Waals surface area contributed by atoms with Gasteiger partial charge in [-0.2, -0.15) is 0 Å². The maximum absolute atomic E-state index is 14.4. The molecule has 0 fully saturated rings. The van der Waals surface area contributed by atoms with E-state index in [0.29, 0.717) is 0 Å². The number of aliphatic hydroxyl groups is 1. The molecule has 0 aromatic heterocycles. The Morgan fingerprint density at radius 2 is 2.05 bits per heavy atom. The van der Waals surface area contributed by atoms with E-state index in [4.69, 9.17) is 4.74 Å². The van der Waals surface area contributed by atoms with Crippen LogP contribution in [-0.2, 0) is 14.3 Å². The second-order valence-electron chi connectivity index (χ2n) is 4.79. The van der Waals surface area contributed by atoms with Crippen molar-refractivity contribution < 1.29 is 23.8 Å².